The summed E-state index contributed by atoms with van der Waals surface area (Å²) in [7, 11) is 0. The molecule has 1 heterocycles. The average Bonchev–Trinajstić information content (AvgIpc) is 2.99. The highest BCUT2D eigenvalue weighted by atomic mass is 16.5. The normalized spacial score (nSPS) is 9.85. The molecule has 6 nitrogen and oxygen atoms in total. The molecule has 104 valence electrons. The number of carbonyl (C=O) groups excluding carboxylic acids is 2. The second-order valence-electron chi connectivity index (χ2n) is 3.95. The van der Waals surface area contributed by atoms with E-state index in [1.165, 1.54) is 0 Å². The van der Waals surface area contributed by atoms with E-state index in [1.54, 1.807) is 42.6 Å². The van der Waals surface area contributed by atoms with Gasteiger partial charge in [-0.25, -0.2) is 0 Å². The van der Waals surface area contributed by atoms with Crippen molar-refractivity contribution in [2.75, 3.05) is 6.61 Å². The molecule has 0 aliphatic heterocycles. The minimum Gasteiger partial charge on any atom is -0.494 e. The van der Waals surface area contributed by atoms with E-state index in [0.717, 1.165) is 0 Å². The number of aromatic nitrogens is 1. The lowest BCUT2D eigenvalue weighted by molar-refractivity contribution is 0.0844. The molecular formula is C14H15N3O3. The summed E-state index contributed by atoms with van der Waals surface area (Å²) in [4.78, 5) is 26.3. The molecule has 0 fully saturated rings. The highest BCUT2D eigenvalue weighted by Gasteiger charge is 2.09. The number of nitrogens with one attached hydrogen (secondary N) is 3. The predicted octanol–water partition coefficient (Wildman–Crippen LogP) is 1.49. The Bertz CT molecular complexity index is 593. The van der Waals surface area contributed by atoms with Crippen LogP contribution in [0.25, 0.3) is 0 Å². The standard InChI is InChI=1S/C14H15N3O3/c1-2-20-11-6-3-5-10(9-11)13(18)16-17-14(19)12-7-4-8-15-12/h3-9,15H,2H2,1H3,(H,16,18)(H,17,19). The molecule has 0 saturated carbocycles. The first-order valence-electron chi connectivity index (χ1n) is 6.17. The number of hydrogen-bond donors (Lipinski definition) is 3. The van der Waals surface area contributed by atoms with Crippen LogP contribution in [0.4, 0.5) is 0 Å². The zero-order chi connectivity index (χ0) is 14.4. The Labute approximate surface area is 116 Å². The number of ether oxygens (including phenoxy) is 1. The smallest absolute Gasteiger partial charge is 0.286 e. The topological polar surface area (TPSA) is 83.2 Å². The second-order valence-corrected chi connectivity index (χ2v) is 3.95. The fourth-order valence-electron chi connectivity index (χ4n) is 1.62. The van der Waals surface area contributed by atoms with E-state index in [2.05, 4.69) is 15.8 Å². The molecule has 0 atom stereocenters. The van der Waals surface area contributed by atoms with Crippen molar-refractivity contribution in [2.45, 2.75) is 6.92 Å². The van der Waals surface area contributed by atoms with Crippen molar-refractivity contribution in [3.05, 3.63) is 53.9 Å². The molecular weight excluding hydrogens is 258 g/mol. The molecule has 1 aromatic carbocycles. The molecule has 0 aliphatic rings. The van der Waals surface area contributed by atoms with Gasteiger partial charge in [0.2, 0.25) is 0 Å². The Morgan fingerprint density at radius 3 is 2.65 bits per heavy atom. The quantitative estimate of drug-likeness (QED) is 0.738. The van der Waals surface area contributed by atoms with E-state index in [0.29, 0.717) is 23.6 Å². The van der Waals surface area contributed by atoms with Gasteiger partial charge in [0.1, 0.15) is 11.4 Å². The zero-order valence-electron chi connectivity index (χ0n) is 11.0. The lowest BCUT2D eigenvalue weighted by Crippen LogP contribution is -2.41. The number of H-pyrrole nitrogens is 1. The minimum atomic E-state index is -0.413. The first kappa shape index (κ1) is 13.7. The van der Waals surface area contributed by atoms with Gasteiger partial charge in [-0.2, -0.15) is 0 Å². The summed E-state index contributed by atoms with van der Waals surface area (Å²) >= 11 is 0. The van der Waals surface area contributed by atoms with Gasteiger partial charge < -0.3 is 9.72 Å². The molecule has 0 spiro atoms. The Morgan fingerprint density at radius 1 is 1.15 bits per heavy atom. The highest BCUT2D eigenvalue weighted by molar-refractivity contribution is 5.98. The lowest BCUT2D eigenvalue weighted by Gasteiger charge is -2.08. The molecule has 2 aromatic rings. The molecule has 0 radical (unpaired) electrons. The Kier molecular flexibility index (Phi) is 4.39. The Morgan fingerprint density at radius 2 is 1.95 bits per heavy atom. The largest absolute Gasteiger partial charge is 0.494 e. The highest BCUT2D eigenvalue weighted by Crippen LogP contribution is 2.12. The first-order valence-corrected chi connectivity index (χ1v) is 6.17. The number of carbonyl (C=O) groups is 2. The van der Waals surface area contributed by atoms with E-state index in [1.807, 2.05) is 6.92 Å². The summed E-state index contributed by atoms with van der Waals surface area (Å²) < 4.78 is 5.31. The fraction of sp³-hybridized carbons (Fsp3) is 0.143. The van der Waals surface area contributed by atoms with Crippen molar-refractivity contribution in [1.82, 2.24) is 15.8 Å². The summed E-state index contributed by atoms with van der Waals surface area (Å²) in [5.74, 6) is -0.216. The number of amides is 2. The van der Waals surface area contributed by atoms with Gasteiger partial charge in [-0.1, -0.05) is 6.07 Å². The first-order chi connectivity index (χ1) is 9.70. The van der Waals surface area contributed by atoms with Gasteiger partial charge in [-0.15, -0.1) is 0 Å². The fourth-order valence-corrected chi connectivity index (χ4v) is 1.62. The molecule has 2 rings (SSSR count). The molecule has 1 aromatic heterocycles. The van der Waals surface area contributed by atoms with Gasteiger partial charge in [-0.3, -0.25) is 20.4 Å². The van der Waals surface area contributed by atoms with Crippen LogP contribution in [-0.2, 0) is 0 Å². The molecule has 0 saturated heterocycles. The summed E-state index contributed by atoms with van der Waals surface area (Å²) in [6.07, 6.45) is 1.63. The number of hydrogen-bond acceptors (Lipinski definition) is 3. The van der Waals surface area contributed by atoms with Gasteiger partial charge in [0, 0.05) is 11.8 Å². The van der Waals surface area contributed by atoms with Crippen LogP contribution in [0.15, 0.2) is 42.6 Å². The molecule has 3 N–H and O–H groups in total. The Hall–Kier alpha value is -2.76. The van der Waals surface area contributed by atoms with E-state index in [-0.39, 0.29) is 0 Å². The number of hydrazine groups is 1. The molecule has 2 amide bonds. The van der Waals surface area contributed by atoms with E-state index >= 15 is 0 Å². The zero-order valence-corrected chi connectivity index (χ0v) is 11.0. The summed E-state index contributed by atoms with van der Waals surface area (Å²) in [5.41, 5.74) is 5.44. The van der Waals surface area contributed by atoms with Crippen molar-refractivity contribution in [3.8, 4) is 5.75 Å². The lowest BCUT2D eigenvalue weighted by atomic mass is 10.2. The summed E-state index contributed by atoms with van der Waals surface area (Å²) in [6, 6.07) is 10.0. The number of rotatable bonds is 4. The van der Waals surface area contributed by atoms with Crippen molar-refractivity contribution in [3.63, 3.8) is 0 Å². The summed E-state index contributed by atoms with van der Waals surface area (Å²) in [6.45, 7) is 2.39. The molecule has 0 unspecified atom stereocenters. The van der Waals surface area contributed by atoms with Crippen molar-refractivity contribution < 1.29 is 14.3 Å². The van der Waals surface area contributed by atoms with Crippen LogP contribution >= 0.6 is 0 Å². The summed E-state index contributed by atoms with van der Waals surface area (Å²) in [5, 5.41) is 0. The second kappa shape index (κ2) is 6.42. The van der Waals surface area contributed by atoms with Crippen LogP contribution < -0.4 is 15.6 Å². The van der Waals surface area contributed by atoms with Crippen LogP contribution in [-0.4, -0.2) is 23.4 Å². The van der Waals surface area contributed by atoms with Gasteiger partial charge in [-0.05, 0) is 37.3 Å². The van der Waals surface area contributed by atoms with Crippen molar-refractivity contribution >= 4 is 11.8 Å². The maximum Gasteiger partial charge on any atom is 0.286 e. The number of aromatic amines is 1. The third kappa shape index (κ3) is 3.38. The van der Waals surface area contributed by atoms with Crippen LogP contribution in [0.3, 0.4) is 0 Å². The molecule has 0 bridgehead atoms. The van der Waals surface area contributed by atoms with Crippen molar-refractivity contribution in [2.24, 2.45) is 0 Å². The van der Waals surface area contributed by atoms with Crippen molar-refractivity contribution in [1.29, 1.82) is 0 Å². The van der Waals surface area contributed by atoms with Crippen LogP contribution in [0.1, 0.15) is 27.8 Å². The van der Waals surface area contributed by atoms with Gasteiger partial charge >= 0.3 is 0 Å². The third-order valence-electron chi connectivity index (χ3n) is 2.54. The molecule has 6 heteroatoms. The maximum absolute atomic E-state index is 11.9. The predicted molar refractivity (Wildman–Crippen MR) is 73.3 cm³/mol. The average molecular weight is 273 g/mol. The van der Waals surface area contributed by atoms with Crippen LogP contribution in [0.5, 0.6) is 5.75 Å². The minimum absolute atomic E-state index is 0.369. The van der Waals surface area contributed by atoms with E-state index in [9.17, 15) is 9.59 Å². The maximum atomic E-state index is 11.9. The van der Waals surface area contributed by atoms with Gasteiger partial charge in [0.25, 0.3) is 11.8 Å². The van der Waals surface area contributed by atoms with Gasteiger partial charge in [0.15, 0.2) is 0 Å². The molecule has 0 aliphatic carbocycles. The van der Waals surface area contributed by atoms with Gasteiger partial charge in [0.05, 0.1) is 6.61 Å². The Balaban J connectivity index is 1.95. The van der Waals surface area contributed by atoms with E-state index < -0.39 is 11.8 Å². The van der Waals surface area contributed by atoms with E-state index in [4.69, 9.17) is 4.74 Å². The SMILES string of the molecule is CCOc1cccc(C(=O)NNC(=O)c2ccc[nH]2)c1. The monoisotopic (exact) mass is 273 g/mol. The molecule has 20 heavy (non-hydrogen) atoms. The van der Waals surface area contributed by atoms with Crippen LogP contribution in [0, 0.1) is 0 Å². The van der Waals surface area contributed by atoms with Crippen LogP contribution in [0.2, 0.25) is 0 Å². The third-order valence-corrected chi connectivity index (χ3v) is 2.54. The number of benzene rings is 1.